The molecule has 1 aliphatic rings. The van der Waals surface area contributed by atoms with E-state index in [1.54, 1.807) is 25.1 Å². The summed E-state index contributed by atoms with van der Waals surface area (Å²) in [5.74, 6) is 0.492. The van der Waals surface area contributed by atoms with Gasteiger partial charge < -0.3 is 14.8 Å². The van der Waals surface area contributed by atoms with Crippen LogP contribution < -0.4 is 9.75 Å². The average Bonchev–Trinajstić information content (AvgIpc) is 3.19. The number of fused-ring (bicyclic) bond motifs is 1. The Kier molecular flexibility index (Phi) is 3.69. The number of hydrogen-bond donors (Lipinski definition) is 2. The molecule has 130 valence electrons. The number of carbonyl (C=O) groups excluding carboxylic acids is 1. The molecule has 0 saturated carbocycles. The van der Waals surface area contributed by atoms with Crippen molar-refractivity contribution in [3.05, 3.63) is 53.6 Å². The number of ether oxygens (including phenoxy) is 1. The summed E-state index contributed by atoms with van der Waals surface area (Å²) in [5.41, 5.74) is 3.37. The Morgan fingerprint density at radius 1 is 1.23 bits per heavy atom. The van der Waals surface area contributed by atoms with Crippen molar-refractivity contribution in [1.82, 2.24) is 9.97 Å². The van der Waals surface area contributed by atoms with Crippen molar-refractivity contribution in [2.24, 2.45) is 5.10 Å². The molecule has 0 aliphatic carbocycles. The van der Waals surface area contributed by atoms with Gasteiger partial charge in [-0.1, -0.05) is 18.2 Å². The number of rotatable bonds is 3. The number of aromatic nitrogens is 2. The number of hydrogen-bond acceptors (Lipinski definition) is 5. The number of imidazole rings is 1. The number of para-hydroxylation sites is 2. The lowest BCUT2D eigenvalue weighted by atomic mass is 10.1. The zero-order chi connectivity index (χ0) is 18.3. The van der Waals surface area contributed by atoms with Crippen LogP contribution in [0, 0.1) is 0 Å². The first-order chi connectivity index (χ1) is 12.6. The Hall–Kier alpha value is -3.61. The predicted molar refractivity (Wildman–Crippen MR) is 99.3 cm³/mol. The van der Waals surface area contributed by atoms with Crippen LogP contribution in [0.25, 0.3) is 17.1 Å². The Morgan fingerprint density at radius 2 is 2.04 bits per heavy atom. The van der Waals surface area contributed by atoms with Crippen molar-refractivity contribution in [2.45, 2.75) is 6.92 Å². The van der Waals surface area contributed by atoms with E-state index in [1.165, 1.54) is 18.2 Å². The highest BCUT2D eigenvalue weighted by Gasteiger charge is 2.30. The van der Waals surface area contributed by atoms with Crippen molar-refractivity contribution in [3.8, 4) is 11.5 Å². The highest BCUT2D eigenvalue weighted by molar-refractivity contribution is 6.31. The molecule has 7 nitrogen and oxygen atoms in total. The molecule has 2 aromatic carbocycles. The zero-order valence-corrected chi connectivity index (χ0v) is 14.2. The van der Waals surface area contributed by atoms with Crippen molar-refractivity contribution < 1.29 is 14.6 Å². The maximum atomic E-state index is 12.8. The molecule has 0 spiro atoms. The summed E-state index contributed by atoms with van der Waals surface area (Å²) in [6, 6.07) is 12.4. The summed E-state index contributed by atoms with van der Waals surface area (Å²) < 4.78 is 5.11. The molecule has 0 saturated heterocycles. The monoisotopic (exact) mass is 348 g/mol. The van der Waals surface area contributed by atoms with Crippen LogP contribution in [0.4, 0.5) is 5.95 Å². The summed E-state index contributed by atoms with van der Waals surface area (Å²) in [6.45, 7) is 1.77. The number of anilines is 1. The van der Waals surface area contributed by atoms with Gasteiger partial charge in [-0.3, -0.25) is 4.79 Å². The van der Waals surface area contributed by atoms with Gasteiger partial charge in [0.15, 0.2) is 11.5 Å². The molecule has 7 heteroatoms. The van der Waals surface area contributed by atoms with Gasteiger partial charge >= 0.3 is 0 Å². The van der Waals surface area contributed by atoms with E-state index >= 15 is 0 Å². The molecule has 0 fully saturated rings. The summed E-state index contributed by atoms with van der Waals surface area (Å²) in [5, 5.41) is 15.3. The SMILES string of the molecule is COc1cc(/C=C2\C(=O)N(c3nc4ccccc4[nH]3)N=C2C)ccc1O. The number of amides is 1. The largest absolute Gasteiger partial charge is 0.504 e. The molecular weight excluding hydrogens is 332 g/mol. The van der Waals surface area contributed by atoms with Crippen LogP contribution in [0.2, 0.25) is 0 Å². The van der Waals surface area contributed by atoms with Gasteiger partial charge in [0.1, 0.15) is 0 Å². The number of nitrogens with one attached hydrogen (secondary N) is 1. The van der Waals surface area contributed by atoms with E-state index in [-0.39, 0.29) is 11.7 Å². The topological polar surface area (TPSA) is 90.8 Å². The number of benzene rings is 2. The highest BCUT2D eigenvalue weighted by Crippen LogP contribution is 2.29. The number of aromatic amines is 1. The van der Waals surface area contributed by atoms with Crippen LogP contribution in [0.5, 0.6) is 11.5 Å². The quantitative estimate of drug-likeness (QED) is 0.712. The second-order valence-corrected chi connectivity index (χ2v) is 5.87. The van der Waals surface area contributed by atoms with Gasteiger partial charge in [0.05, 0.1) is 29.4 Å². The van der Waals surface area contributed by atoms with Crippen LogP contribution in [-0.2, 0) is 4.79 Å². The zero-order valence-electron chi connectivity index (χ0n) is 14.2. The van der Waals surface area contributed by atoms with Crippen LogP contribution in [0.1, 0.15) is 12.5 Å². The van der Waals surface area contributed by atoms with Gasteiger partial charge in [-0.05, 0) is 42.8 Å². The highest BCUT2D eigenvalue weighted by atomic mass is 16.5. The van der Waals surface area contributed by atoms with Crippen LogP contribution in [0.15, 0.2) is 53.1 Å². The number of methoxy groups -OCH3 is 1. The molecule has 2 N–H and O–H groups in total. The molecule has 0 unspecified atom stereocenters. The summed E-state index contributed by atoms with van der Waals surface area (Å²) in [6.07, 6.45) is 1.71. The minimum absolute atomic E-state index is 0.0432. The van der Waals surface area contributed by atoms with E-state index in [4.69, 9.17) is 4.74 Å². The Labute approximate surface area is 149 Å². The first-order valence-electron chi connectivity index (χ1n) is 8.00. The fourth-order valence-electron chi connectivity index (χ4n) is 2.82. The first-order valence-corrected chi connectivity index (χ1v) is 8.00. The van der Waals surface area contributed by atoms with Gasteiger partial charge in [-0.25, -0.2) is 4.98 Å². The molecule has 4 rings (SSSR count). The number of hydrazone groups is 1. The number of aromatic hydroxyl groups is 1. The van der Waals surface area contributed by atoms with Crippen molar-refractivity contribution in [3.63, 3.8) is 0 Å². The lowest BCUT2D eigenvalue weighted by Crippen LogP contribution is -2.22. The average molecular weight is 348 g/mol. The maximum absolute atomic E-state index is 12.8. The first kappa shape index (κ1) is 15.9. The number of phenols is 1. The molecule has 3 aromatic rings. The van der Waals surface area contributed by atoms with Crippen molar-refractivity contribution >= 4 is 34.7 Å². The van der Waals surface area contributed by atoms with E-state index in [2.05, 4.69) is 15.1 Å². The molecule has 1 aromatic heterocycles. The maximum Gasteiger partial charge on any atom is 0.283 e. The fourth-order valence-corrected chi connectivity index (χ4v) is 2.82. The predicted octanol–water partition coefficient (Wildman–Crippen LogP) is 3.08. The molecule has 0 bridgehead atoms. The van der Waals surface area contributed by atoms with Crippen molar-refractivity contribution in [2.75, 3.05) is 12.1 Å². The minimum Gasteiger partial charge on any atom is -0.504 e. The van der Waals surface area contributed by atoms with E-state index < -0.39 is 0 Å². The Balaban J connectivity index is 1.70. The number of nitrogens with zero attached hydrogens (tertiary/aromatic N) is 3. The standard InChI is InChI=1S/C19H16N4O3/c1-11-13(9-12-7-8-16(24)17(10-12)26-2)18(25)23(22-11)19-20-14-5-3-4-6-15(14)21-19/h3-10,24H,1-2H3,(H,20,21)/b13-9-. The lowest BCUT2D eigenvalue weighted by Gasteiger charge is -2.07. The molecule has 1 amide bonds. The second-order valence-electron chi connectivity index (χ2n) is 5.87. The normalized spacial score (nSPS) is 15.8. The van der Waals surface area contributed by atoms with E-state index in [1.807, 2.05) is 24.3 Å². The molecule has 26 heavy (non-hydrogen) atoms. The van der Waals surface area contributed by atoms with Gasteiger partial charge in [0, 0.05) is 0 Å². The third-order valence-electron chi connectivity index (χ3n) is 4.15. The van der Waals surface area contributed by atoms with E-state index in [9.17, 15) is 9.90 Å². The molecular formula is C19H16N4O3. The number of H-pyrrole nitrogens is 1. The summed E-state index contributed by atoms with van der Waals surface area (Å²) in [4.78, 5) is 20.3. The van der Waals surface area contributed by atoms with Gasteiger partial charge in [0.2, 0.25) is 5.95 Å². The summed E-state index contributed by atoms with van der Waals surface area (Å²) in [7, 11) is 1.47. The van der Waals surface area contributed by atoms with Crippen LogP contribution in [0.3, 0.4) is 0 Å². The van der Waals surface area contributed by atoms with Crippen LogP contribution in [-0.4, -0.2) is 33.8 Å². The van der Waals surface area contributed by atoms with Gasteiger partial charge in [-0.15, -0.1) is 0 Å². The Morgan fingerprint density at radius 3 is 2.81 bits per heavy atom. The molecule has 2 heterocycles. The third-order valence-corrected chi connectivity index (χ3v) is 4.15. The van der Waals surface area contributed by atoms with Gasteiger partial charge in [0.25, 0.3) is 5.91 Å². The smallest absolute Gasteiger partial charge is 0.283 e. The fraction of sp³-hybridized carbons (Fsp3) is 0.105. The summed E-state index contributed by atoms with van der Waals surface area (Å²) >= 11 is 0. The number of phenolic OH excluding ortho intramolecular Hbond substituents is 1. The Bertz CT molecular complexity index is 1050. The van der Waals surface area contributed by atoms with Gasteiger partial charge in [-0.2, -0.15) is 10.1 Å². The van der Waals surface area contributed by atoms with Crippen molar-refractivity contribution in [1.29, 1.82) is 0 Å². The van der Waals surface area contributed by atoms with Crippen LogP contribution >= 0.6 is 0 Å². The minimum atomic E-state index is -0.270. The second kappa shape index (κ2) is 6.03. The lowest BCUT2D eigenvalue weighted by molar-refractivity contribution is -0.114. The van der Waals surface area contributed by atoms with E-state index in [0.29, 0.717) is 23.0 Å². The molecule has 1 aliphatic heterocycles. The van der Waals surface area contributed by atoms with E-state index in [0.717, 1.165) is 16.6 Å². The molecule has 0 radical (unpaired) electrons. The molecule has 0 atom stereocenters. The third kappa shape index (κ3) is 2.59. The number of carbonyl (C=O) groups is 1.